The van der Waals surface area contributed by atoms with Gasteiger partial charge >= 0.3 is 0 Å². The summed E-state index contributed by atoms with van der Waals surface area (Å²) >= 11 is 0. The van der Waals surface area contributed by atoms with E-state index in [2.05, 4.69) is 48.2 Å². The highest BCUT2D eigenvalue weighted by Crippen LogP contribution is 2.61. The predicted molar refractivity (Wildman–Crippen MR) is 164 cm³/mol. The first-order valence-corrected chi connectivity index (χ1v) is 15.2. The van der Waals surface area contributed by atoms with E-state index in [0.717, 1.165) is 55.1 Å². The number of fused-ring (bicyclic) bond motifs is 3. The zero-order valence-electron chi connectivity index (χ0n) is 24.9. The van der Waals surface area contributed by atoms with Crippen molar-refractivity contribution in [1.82, 2.24) is 19.8 Å². The van der Waals surface area contributed by atoms with Gasteiger partial charge in [0.05, 0.1) is 23.3 Å². The first-order chi connectivity index (χ1) is 19.6. The topological polar surface area (TPSA) is 74.5 Å². The minimum Gasteiger partial charge on any atom is -0.340 e. The Bertz CT molecular complexity index is 1500. The van der Waals surface area contributed by atoms with E-state index in [1.165, 1.54) is 18.6 Å². The summed E-state index contributed by atoms with van der Waals surface area (Å²) in [6, 6.07) is 12.8. The third kappa shape index (κ3) is 5.39. The molecule has 8 heteroatoms. The SMILES string of the molecule is C[C@@H]1C(N=C(Nc2ccc3c(=O)n([C@H](C)Cc4ccc(F)cc4)cnc3c2)N2CCN[C@@H](C)C2)C[C@@H]2C[C@H]1C2(C)C. The van der Waals surface area contributed by atoms with Crippen LogP contribution < -0.4 is 16.2 Å². The molecule has 2 N–H and O–H groups in total. The van der Waals surface area contributed by atoms with Gasteiger partial charge in [-0.1, -0.05) is 32.9 Å². The number of aromatic nitrogens is 2. The Morgan fingerprint density at radius 3 is 2.68 bits per heavy atom. The van der Waals surface area contributed by atoms with E-state index < -0.39 is 0 Å². The molecule has 2 bridgehead atoms. The lowest BCUT2D eigenvalue weighted by molar-refractivity contribution is -0.108. The molecule has 218 valence electrons. The van der Waals surface area contributed by atoms with Gasteiger partial charge in [0.1, 0.15) is 5.82 Å². The van der Waals surface area contributed by atoms with Gasteiger partial charge in [0, 0.05) is 37.4 Å². The van der Waals surface area contributed by atoms with Crippen molar-refractivity contribution in [2.45, 2.75) is 72.0 Å². The van der Waals surface area contributed by atoms with E-state index in [1.807, 2.05) is 25.1 Å². The maximum absolute atomic E-state index is 13.4. The average Bonchev–Trinajstić information content (AvgIpc) is 2.94. The second kappa shape index (κ2) is 10.9. The number of hydrogen-bond donors (Lipinski definition) is 2. The van der Waals surface area contributed by atoms with Gasteiger partial charge in [0.2, 0.25) is 0 Å². The normalized spacial score (nSPS) is 28.3. The minimum atomic E-state index is -0.260. The van der Waals surface area contributed by atoms with E-state index >= 15 is 0 Å². The smallest absolute Gasteiger partial charge is 0.261 e. The largest absolute Gasteiger partial charge is 0.340 e. The monoisotopic (exact) mass is 558 g/mol. The van der Waals surface area contributed by atoms with Gasteiger partial charge in [-0.15, -0.1) is 0 Å². The number of anilines is 1. The van der Waals surface area contributed by atoms with Crippen LogP contribution in [0.1, 0.15) is 59.1 Å². The van der Waals surface area contributed by atoms with Crippen molar-refractivity contribution in [2.75, 3.05) is 25.0 Å². The molecule has 1 aliphatic heterocycles. The summed E-state index contributed by atoms with van der Waals surface area (Å²) in [4.78, 5) is 25.8. The number of nitrogens with one attached hydrogen (secondary N) is 2. The van der Waals surface area contributed by atoms with Crippen molar-refractivity contribution in [3.05, 3.63) is 70.5 Å². The fourth-order valence-corrected chi connectivity index (χ4v) is 7.48. The van der Waals surface area contributed by atoms with Crippen LogP contribution in [0.4, 0.5) is 10.1 Å². The third-order valence-electron chi connectivity index (χ3n) is 10.2. The molecule has 1 saturated heterocycles. The summed E-state index contributed by atoms with van der Waals surface area (Å²) in [6.07, 6.45) is 4.73. The first kappa shape index (κ1) is 27.9. The van der Waals surface area contributed by atoms with E-state index in [0.29, 0.717) is 40.7 Å². The molecule has 3 aromatic rings. The molecule has 7 nitrogen and oxygen atoms in total. The highest BCUT2D eigenvalue weighted by atomic mass is 19.1. The lowest BCUT2D eigenvalue weighted by atomic mass is 9.45. The van der Waals surface area contributed by atoms with E-state index in [4.69, 9.17) is 4.99 Å². The van der Waals surface area contributed by atoms with Crippen LogP contribution in [0.3, 0.4) is 0 Å². The van der Waals surface area contributed by atoms with Crippen LogP contribution in [0.2, 0.25) is 0 Å². The van der Waals surface area contributed by atoms with Crippen LogP contribution in [0.25, 0.3) is 10.9 Å². The number of guanidine groups is 1. The maximum atomic E-state index is 13.4. The van der Waals surface area contributed by atoms with Gasteiger partial charge in [0.15, 0.2) is 5.96 Å². The van der Waals surface area contributed by atoms with Crippen LogP contribution in [0, 0.1) is 29.0 Å². The zero-order valence-corrected chi connectivity index (χ0v) is 24.9. The molecule has 1 aromatic heterocycles. The zero-order chi connectivity index (χ0) is 28.9. The number of halogens is 1. The molecule has 3 aliphatic carbocycles. The Morgan fingerprint density at radius 2 is 1.98 bits per heavy atom. The maximum Gasteiger partial charge on any atom is 0.261 e. The van der Waals surface area contributed by atoms with E-state index in [1.54, 1.807) is 23.0 Å². The molecule has 0 radical (unpaired) electrons. The van der Waals surface area contributed by atoms with Crippen molar-refractivity contribution in [2.24, 2.45) is 28.2 Å². The Hall–Kier alpha value is -3.26. The molecule has 7 rings (SSSR count). The van der Waals surface area contributed by atoms with Gasteiger partial charge in [-0.3, -0.25) is 9.36 Å². The van der Waals surface area contributed by atoms with E-state index in [-0.39, 0.29) is 17.4 Å². The molecule has 0 spiro atoms. The highest BCUT2D eigenvalue weighted by Gasteiger charge is 2.56. The fraction of sp³-hybridized carbons (Fsp3) is 0.545. The van der Waals surface area contributed by atoms with Crippen LogP contribution in [-0.2, 0) is 6.42 Å². The molecule has 4 fully saturated rings. The van der Waals surface area contributed by atoms with Crippen LogP contribution in [0.15, 0.2) is 58.6 Å². The number of hydrogen-bond acceptors (Lipinski definition) is 4. The van der Waals surface area contributed by atoms with Crippen LogP contribution in [0.5, 0.6) is 0 Å². The second-order valence-corrected chi connectivity index (χ2v) is 13.3. The van der Waals surface area contributed by atoms with Gasteiger partial charge < -0.3 is 15.5 Å². The lowest BCUT2D eigenvalue weighted by Gasteiger charge is -2.61. The van der Waals surface area contributed by atoms with Gasteiger partial charge in [-0.25, -0.2) is 14.4 Å². The number of rotatable bonds is 5. The summed E-state index contributed by atoms with van der Waals surface area (Å²) in [5, 5.41) is 7.77. The predicted octanol–water partition coefficient (Wildman–Crippen LogP) is 5.47. The molecule has 2 heterocycles. The van der Waals surface area contributed by atoms with Crippen molar-refractivity contribution >= 4 is 22.5 Å². The molecule has 1 unspecified atom stereocenters. The number of nitrogens with zero attached hydrogens (tertiary/aromatic N) is 4. The summed E-state index contributed by atoms with van der Waals surface area (Å²) in [6.45, 7) is 14.2. The summed E-state index contributed by atoms with van der Waals surface area (Å²) in [7, 11) is 0. The average molecular weight is 559 g/mol. The van der Waals surface area contributed by atoms with Crippen molar-refractivity contribution in [3.63, 3.8) is 0 Å². The summed E-state index contributed by atoms with van der Waals surface area (Å²) in [5.41, 5.74) is 2.88. The Kier molecular flexibility index (Phi) is 7.39. The summed E-state index contributed by atoms with van der Waals surface area (Å²) < 4.78 is 15.0. The van der Waals surface area contributed by atoms with Crippen LogP contribution in [-0.4, -0.2) is 52.1 Å². The highest BCUT2D eigenvalue weighted by molar-refractivity contribution is 5.96. The third-order valence-corrected chi connectivity index (χ3v) is 10.2. The molecule has 3 saturated carbocycles. The van der Waals surface area contributed by atoms with Crippen LogP contribution >= 0.6 is 0 Å². The van der Waals surface area contributed by atoms with Crippen molar-refractivity contribution in [3.8, 4) is 0 Å². The lowest BCUT2D eigenvalue weighted by Crippen LogP contribution is -2.57. The molecule has 4 aliphatic rings. The number of aliphatic imine (C=N–C) groups is 1. The summed E-state index contributed by atoms with van der Waals surface area (Å²) in [5.74, 6) is 2.70. The van der Waals surface area contributed by atoms with Gasteiger partial charge in [-0.05, 0) is 92.2 Å². The van der Waals surface area contributed by atoms with E-state index in [9.17, 15) is 9.18 Å². The number of benzene rings is 2. The quantitative estimate of drug-likeness (QED) is 0.321. The van der Waals surface area contributed by atoms with Crippen molar-refractivity contribution in [1.29, 1.82) is 0 Å². The molecule has 6 atom stereocenters. The Morgan fingerprint density at radius 1 is 1.20 bits per heavy atom. The van der Waals surface area contributed by atoms with Gasteiger partial charge in [-0.2, -0.15) is 0 Å². The Labute approximate surface area is 242 Å². The standard InChI is InChI=1S/C33H43FN6O/c1-20-18-39(13-12-35-20)32(38-29-16-24-15-28(22(29)3)33(24,4)5)37-26-10-11-27-30(17-26)36-19-40(31(27)41)21(2)14-23-6-8-25(34)9-7-23/h6-11,17,19-22,24,28-29,35H,12-16,18H2,1-5H3,(H,37,38)/t20-,21+,22-,24-,28+,29?/m0/s1. The fourth-order valence-electron chi connectivity index (χ4n) is 7.48. The Balaban J connectivity index is 1.25. The minimum absolute atomic E-state index is 0.0705. The first-order valence-electron chi connectivity index (χ1n) is 15.2. The molecular formula is C33H43FN6O. The molecule has 0 amide bonds. The molecular weight excluding hydrogens is 515 g/mol. The molecule has 2 aromatic carbocycles. The molecule has 41 heavy (non-hydrogen) atoms. The van der Waals surface area contributed by atoms with Gasteiger partial charge in [0.25, 0.3) is 5.56 Å². The second-order valence-electron chi connectivity index (χ2n) is 13.3. The number of piperazine rings is 1. The van der Waals surface area contributed by atoms with Crippen molar-refractivity contribution < 1.29 is 4.39 Å².